The van der Waals surface area contributed by atoms with Crippen LogP contribution in [-0.2, 0) is 4.79 Å². The lowest BCUT2D eigenvalue weighted by Gasteiger charge is -2.26. The minimum atomic E-state index is -0.0311. The van der Waals surface area contributed by atoms with Gasteiger partial charge in [0, 0.05) is 28.4 Å². The molecule has 1 unspecified atom stereocenters. The monoisotopic (exact) mass is 485 g/mol. The number of aromatic nitrogens is 2. The summed E-state index contributed by atoms with van der Waals surface area (Å²) in [7, 11) is 3.30. The van der Waals surface area contributed by atoms with Crippen molar-refractivity contribution in [2.75, 3.05) is 26.5 Å². The lowest BCUT2D eigenvalue weighted by atomic mass is 10.0. The maximum absolute atomic E-state index is 13.4. The van der Waals surface area contributed by atoms with Crippen LogP contribution in [0.25, 0.3) is 22.0 Å². The molecule has 6 nitrogen and oxygen atoms in total. The molecule has 1 fully saturated rings. The summed E-state index contributed by atoms with van der Waals surface area (Å²) in [5.74, 6) is 1.92. The zero-order valence-corrected chi connectivity index (χ0v) is 20.6. The number of ether oxygens (including phenoxy) is 2. The summed E-state index contributed by atoms with van der Waals surface area (Å²) in [6.07, 6.45) is 1.85. The lowest BCUT2D eigenvalue weighted by Crippen LogP contribution is -2.32. The number of benzene rings is 3. The van der Waals surface area contributed by atoms with E-state index in [1.54, 1.807) is 14.2 Å². The summed E-state index contributed by atoms with van der Waals surface area (Å²) < 4.78 is 11.0. The Morgan fingerprint density at radius 2 is 1.74 bits per heavy atom. The molecule has 0 bridgehead atoms. The van der Waals surface area contributed by atoms with Crippen LogP contribution in [0.1, 0.15) is 24.4 Å². The van der Waals surface area contributed by atoms with Crippen LogP contribution in [0, 0.1) is 0 Å². The molecule has 35 heavy (non-hydrogen) atoms. The van der Waals surface area contributed by atoms with Crippen LogP contribution >= 0.6 is 11.8 Å². The van der Waals surface area contributed by atoms with E-state index in [2.05, 4.69) is 16.3 Å². The Hall–Kier alpha value is -3.58. The van der Waals surface area contributed by atoms with Gasteiger partial charge in [0.15, 0.2) is 0 Å². The zero-order chi connectivity index (χ0) is 24.2. The van der Waals surface area contributed by atoms with Crippen LogP contribution in [0.15, 0.2) is 77.8 Å². The Bertz CT molecular complexity index is 1350. The maximum atomic E-state index is 13.4. The normalized spacial score (nSPS) is 15.4. The SMILES string of the molecule is COc1ccc(OC)c(C2CCCN2C(=O)CSc2nnc(-c3ccccc3)c3ccccc23)c1. The van der Waals surface area contributed by atoms with Crippen molar-refractivity contribution in [3.8, 4) is 22.8 Å². The highest BCUT2D eigenvalue weighted by molar-refractivity contribution is 8.00. The van der Waals surface area contributed by atoms with Crippen molar-refractivity contribution in [3.63, 3.8) is 0 Å². The number of amides is 1. The summed E-state index contributed by atoms with van der Waals surface area (Å²) in [5.41, 5.74) is 2.86. The topological polar surface area (TPSA) is 64.6 Å². The number of likely N-dealkylation sites (tertiary alicyclic amines) is 1. The third-order valence-corrected chi connectivity index (χ3v) is 7.37. The molecular weight excluding hydrogens is 458 g/mol. The first kappa shape index (κ1) is 23.2. The number of methoxy groups -OCH3 is 2. The van der Waals surface area contributed by atoms with Crippen molar-refractivity contribution in [1.29, 1.82) is 0 Å². The molecule has 1 amide bonds. The van der Waals surface area contributed by atoms with Gasteiger partial charge >= 0.3 is 0 Å². The van der Waals surface area contributed by atoms with E-state index in [1.165, 1.54) is 11.8 Å². The molecule has 0 radical (unpaired) electrons. The van der Waals surface area contributed by atoms with Gasteiger partial charge in [-0.05, 0) is 31.0 Å². The first-order valence-electron chi connectivity index (χ1n) is 11.6. The van der Waals surface area contributed by atoms with E-state index in [-0.39, 0.29) is 11.9 Å². The van der Waals surface area contributed by atoms with Gasteiger partial charge in [-0.2, -0.15) is 0 Å². The fraction of sp³-hybridized carbons (Fsp3) is 0.250. The number of hydrogen-bond donors (Lipinski definition) is 0. The fourth-order valence-electron chi connectivity index (χ4n) is 4.70. The van der Waals surface area contributed by atoms with E-state index in [9.17, 15) is 4.79 Å². The van der Waals surface area contributed by atoms with Crippen LogP contribution in [0.4, 0.5) is 0 Å². The average molecular weight is 486 g/mol. The molecule has 4 aromatic rings. The van der Waals surface area contributed by atoms with Crippen LogP contribution in [-0.4, -0.2) is 47.5 Å². The van der Waals surface area contributed by atoms with Gasteiger partial charge in [-0.3, -0.25) is 4.79 Å². The molecule has 1 aromatic heterocycles. The van der Waals surface area contributed by atoms with E-state index in [1.807, 2.05) is 71.6 Å². The standard InChI is InChI=1S/C28H27N3O3S/c1-33-20-14-15-25(34-2)23(17-20)24-13-8-16-31(24)26(32)18-35-28-22-12-7-6-11-21(22)27(29-30-28)19-9-4-3-5-10-19/h3-7,9-12,14-15,17,24H,8,13,16,18H2,1-2H3. The lowest BCUT2D eigenvalue weighted by molar-refractivity contribution is -0.129. The summed E-state index contributed by atoms with van der Waals surface area (Å²) in [6, 6.07) is 23.9. The van der Waals surface area contributed by atoms with Crippen LogP contribution in [0.5, 0.6) is 11.5 Å². The highest BCUT2D eigenvalue weighted by atomic mass is 32.2. The van der Waals surface area contributed by atoms with Crippen molar-refractivity contribution in [1.82, 2.24) is 15.1 Å². The quantitative estimate of drug-likeness (QED) is 0.310. The average Bonchev–Trinajstić information content (AvgIpc) is 3.41. The number of thioether (sulfide) groups is 1. The fourth-order valence-corrected chi connectivity index (χ4v) is 5.55. The maximum Gasteiger partial charge on any atom is 0.233 e. The molecule has 1 atom stereocenters. The van der Waals surface area contributed by atoms with Crippen molar-refractivity contribution in [2.24, 2.45) is 0 Å². The molecule has 178 valence electrons. The Kier molecular flexibility index (Phi) is 6.86. The van der Waals surface area contributed by atoms with Crippen molar-refractivity contribution in [3.05, 3.63) is 78.4 Å². The third-order valence-electron chi connectivity index (χ3n) is 6.40. The molecule has 3 aromatic carbocycles. The van der Waals surface area contributed by atoms with Gasteiger partial charge in [0.2, 0.25) is 5.91 Å². The van der Waals surface area contributed by atoms with Gasteiger partial charge in [-0.1, -0.05) is 66.4 Å². The van der Waals surface area contributed by atoms with E-state index in [4.69, 9.17) is 9.47 Å². The predicted molar refractivity (Wildman–Crippen MR) is 139 cm³/mol. The molecule has 7 heteroatoms. The van der Waals surface area contributed by atoms with Crippen molar-refractivity contribution in [2.45, 2.75) is 23.9 Å². The molecule has 1 aliphatic rings. The van der Waals surface area contributed by atoms with Gasteiger partial charge < -0.3 is 14.4 Å². The van der Waals surface area contributed by atoms with Crippen molar-refractivity contribution < 1.29 is 14.3 Å². The van der Waals surface area contributed by atoms with Gasteiger partial charge in [-0.15, -0.1) is 10.2 Å². The number of carbonyl (C=O) groups excluding carboxylic acids is 1. The third kappa shape index (κ3) is 4.68. The minimum Gasteiger partial charge on any atom is -0.497 e. The second-order valence-electron chi connectivity index (χ2n) is 8.41. The smallest absolute Gasteiger partial charge is 0.233 e. The predicted octanol–water partition coefficient (Wildman–Crippen LogP) is 5.77. The molecule has 0 saturated carbocycles. The first-order valence-corrected chi connectivity index (χ1v) is 12.6. The van der Waals surface area contributed by atoms with Crippen LogP contribution < -0.4 is 9.47 Å². The molecule has 0 spiro atoms. The van der Waals surface area contributed by atoms with Crippen LogP contribution in [0.2, 0.25) is 0 Å². The number of hydrogen-bond acceptors (Lipinski definition) is 6. The Labute approximate surface area is 209 Å². The van der Waals surface area contributed by atoms with Crippen LogP contribution in [0.3, 0.4) is 0 Å². The van der Waals surface area contributed by atoms with Gasteiger partial charge in [0.05, 0.1) is 26.0 Å². The summed E-state index contributed by atoms with van der Waals surface area (Å²) in [5, 5.41) is 11.8. The van der Waals surface area contributed by atoms with E-state index in [0.29, 0.717) is 5.75 Å². The van der Waals surface area contributed by atoms with Gasteiger partial charge in [0.1, 0.15) is 22.2 Å². The second-order valence-corrected chi connectivity index (χ2v) is 9.37. The highest BCUT2D eigenvalue weighted by Crippen LogP contribution is 2.40. The summed E-state index contributed by atoms with van der Waals surface area (Å²) >= 11 is 1.44. The molecule has 5 rings (SSSR count). The molecule has 1 saturated heterocycles. The Morgan fingerprint density at radius 3 is 2.51 bits per heavy atom. The second kappa shape index (κ2) is 10.4. The van der Waals surface area contributed by atoms with E-state index >= 15 is 0 Å². The Balaban J connectivity index is 1.38. The van der Waals surface area contributed by atoms with Gasteiger partial charge in [-0.25, -0.2) is 0 Å². The number of fused-ring (bicyclic) bond motifs is 1. The molecule has 2 heterocycles. The molecule has 0 N–H and O–H groups in total. The molecular formula is C28H27N3O3S. The van der Waals surface area contributed by atoms with E-state index in [0.717, 1.165) is 63.5 Å². The number of carbonyl (C=O) groups is 1. The largest absolute Gasteiger partial charge is 0.497 e. The van der Waals surface area contributed by atoms with Crippen molar-refractivity contribution >= 4 is 28.4 Å². The van der Waals surface area contributed by atoms with E-state index < -0.39 is 0 Å². The van der Waals surface area contributed by atoms with Gasteiger partial charge in [0.25, 0.3) is 0 Å². The Morgan fingerprint density at radius 1 is 0.971 bits per heavy atom. The number of rotatable bonds is 7. The number of nitrogens with zero attached hydrogens (tertiary/aromatic N) is 3. The first-order chi connectivity index (χ1) is 17.2. The zero-order valence-electron chi connectivity index (χ0n) is 19.8. The molecule has 0 aliphatic carbocycles. The minimum absolute atomic E-state index is 0.0311. The molecule has 1 aliphatic heterocycles. The summed E-state index contributed by atoms with van der Waals surface area (Å²) in [6.45, 7) is 0.726. The highest BCUT2D eigenvalue weighted by Gasteiger charge is 2.32. The summed E-state index contributed by atoms with van der Waals surface area (Å²) in [4.78, 5) is 15.3.